The summed E-state index contributed by atoms with van der Waals surface area (Å²) in [6.45, 7) is 2.79. The van der Waals surface area contributed by atoms with Crippen molar-refractivity contribution in [2.75, 3.05) is 18.8 Å². The predicted molar refractivity (Wildman–Crippen MR) is 88.1 cm³/mol. The van der Waals surface area contributed by atoms with Gasteiger partial charge in [-0.25, -0.2) is 0 Å². The van der Waals surface area contributed by atoms with Crippen LogP contribution < -0.4 is 0 Å². The molecule has 0 radical (unpaired) electrons. The molecule has 2 rings (SSSR count). The van der Waals surface area contributed by atoms with Gasteiger partial charge in [0.15, 0.2) is 0 Å². The van der Waals surface area contributed by atoms with Crippen molar-refractivity contribution >= 4 is 12.6 Å². The molecule has 19 heavy (non-hydrogen) atoms. The van der Waals surface area contributed by atoms with Gasteiger partial charge in [-0.2, -0.15) is 12.6 Å². The molecule has 0 N–H and O–H groups in total. The third-order valence-electron chi connectivity index (χ3n) is 5.23. The van der Waals surface area contributed by atoms with Crippen molar-refractivity contribution in [3.8, 4) is 0 Å². The Hall–Kier alpha value is 0.310. The molecule has 2 heteroatoms. The topological polar surface area (TPSA) is 3.24 Å². The first kappa shape index (κ1) is 15.7. The van der Waals surface area contributed by atoms with E-state index >= 15 is 0 Å². The molecule has 112 valence electrons. The van der Waals surface area contributed by atoms with Gasteiger partial charge in [0.25, 0.3) is 0 Å². The molecule has 2 atom stereocenters. The van der Waals surface area contributed by atoms with E-state index in [1.54, 1.807) is 0 Å². The molecule has 0 bridgehead atoms. The average molecular weight is 284 g/mol. The Morgan fingerprint density at radius 3 is 2.26 bits per heavy atom. The number of hydrogen-bond acceptors (Lipinski definition) is 2. The highest BCUT2D eigenvalue weighted by Gasteiger charge is 2.34. The smallest absolute Gasteiger partial charge is 0.0124 e. The number of fused-ring (bicyclic) bond motifs is 1. The summed E-state index contributed by atoms with van der Waals surface area (Å²) >= 11 is 4.26. The molecule has 0 amide bonds. The lowest BCUT2D eigenvalue weighted by Crippen LogP contribution is -2.35. The number of nitrogens with zero attached hydrogens (tertiary/aromatic N) is 1. The van der Waals surface area contributed by atoms with Crippen LogP contribution in [0.4, 0.5) is 0 Å². The Morgan fingerprint density at radius 2 is 1.47 bits per heavy atom. The van der Waals surface area contributed by atoms with E-state index in [0.717, 1.165) is 17.7 Å². The maximum Gasteiger partial charge on any atom is 0.0124 e. The van der Waals surface area contributed by atoms with Crippen molar-refractivity contribution < 1.29 is 0 Å². The lowest BCUT2D eigenvalue weighted by atomic mass is 9.85. The van der Waals surface area contributed by atoms with Crippen LogP contribution in [0.15, 0.2) is 0 Å². The van der Waals surface area contributed by atoms with Crippen LogP contribution in [0, 0.1) is 5.92 Å². The van der Waals surface area contributed by atoms with Crippen LogP contribution in [0.1, 0.15) is 77.0 Å². The highest BCUT2D eigenvalue weighted by Crippen LogP contribution is 2.36. The van der Waals surface area contributed by atoms with Gasteiger partial charge in [0.05, 0.1) is 0 Å². The van der Waals surface area contributed by atoms with Crippen molar-refractivity contribution in [3.05, 3.63) is 0 Å². The van der Waals surface area contributed by atoms with Gasteiger partial charge in [-0.15, -0.1) is 0 Å². The first-order valence-electron chi connectivity index (χ1n) is 8.76. The van der Waals surface area contributed by atoms with E-state index in [2.05, 4.69) is 17.5 Å². The van der Waals surface area contributed by atoms with Crippen LogP contribution in [-0.2, 0) is 0 Å². The summed E-state index contributed by atoms with van der Waals surface area (Å²) in [6, 6.07) is 0.976. The van der Waals surface area contributed by atoms with Crippen LogP contribution in [0.2, 0.25) is 0 Å². The SMILES string of the molecule is SCCCCCCCCCN1CCC2CCCCC21. The van der Waals surface area contributed by atoms with Gasteiger partial charge >= 0.3 is 0 Å². The van der Waals surface area contributed by atoms with Crippen molar-refractivity contribution in [2.45, 2.75) is 83.1 Å². The molecule has 1 saturated heterocycles. The molecule has 2 fully saturated rings. The minimum Gasteiger partial charge on any atom is -0.300 e. The first-order valence-corrected chi connectivity index (χ1v) is 9.40. The van der Waals surface area contributed by atoms with E-state index in [1.165, 1.54) is 90.1 Å². The lowest BCUT2D eigenvalue weighted by molar-refractivity contribution is 0.179. The third kappa shape index (κ3) is 5.30. The highest BCUT2D eigenvalue weighted by atomic mass is 32.1. The van der Waals surface area contributed by atoms with E-state index in [-0.39, 0.29) is 0 Å². The summed E-state index contributed by atoms with van der Waals surface area (Å²) in [5.41, 5.74) is 0. The Morgan fingerprint density at radius 1 is 0.789 bits per heavy atom. The highest BCUT2D eigenvalue weighted by molar-refractivity contribution is 7.80. The number of rotatable bonds is 9. The predicted octanol–water partition coefficient (Wildman–Crippen LogP) is 4.91. The monoisotopic (exact) mass is 283 g/mol. The standard InChI is InChI=1S/C17H33NS/c19-15-9-5-3-1-2-4-8-13-18-14-12-16-10-6-7-11-17(16)18/h16-17,19H,1-15H2. The van der Waals surface area contributed by atoms with E-state index in [0.29, 0.717) is 0 Å². The van der Waals surface area contributed by atoms with E-state index in [9.17, 15) is 0 Å². The molecular weight excluding hydrogens is 250 g/mol. The van der Waals surface area contributed by atoms with Crippen LogP contribution in [0.3, 0.4) is 0 Å². The van der Waals surface area contributed by atoms with Gasteiger partial charge in [0.1, 0.15) is 0 Å². The molecule has 1 saturated carbocycles. The van der Waals surface area contributed by atoms with Crippen molar-refractivity contribution in [3.63, 3.8) is 0 Å². The fourth-order valence-electron chi connectivity index (χ4n) is 4.09. The van der Waals surface area contributed by atoms with Crippen LogP contribution >= 0.6 is 12.6 Å². The van der Waals surface area contributed by atoms with E-state index in [1.807, 2.05) is 0 Å². The fourth-order valence-corrected chi connectivity index (χ4v) is 4.31. The fraction of sp³-hybridized carbons (Fsp3) is 1.00. The third-order valence-corrected chi connectivity index (χ3v) is 5.54. The molecule has 0 aromatic heterocycles. The van der Waals surface area contributed by atoms with Gasteiger partial charge in [0.2, 0.25) is 0 Å². The number of likely N-dealkylation sites (tertiary alicyclic amines) is 1. The quantitative estimate of drug-likeness (QED) is 0.465. The second-order valence-electron chi connectivity index (χ2n) is 6.64. The number of thiol groups is 1. The lowest BCUT2D eigenvalue weighted by Gasteiger charge is -2.31. The molecule has 2 aliphatic rings. The van der Waals surface area contributed by atoms with Crippen molar-refractivity contribution in [2.24, 2.45) is 5.92 Å². The van der Waals surface area contributed by atoms with Gasteiger partial charge in [0, 0.05) is 6.04 Å². The zero-order chi connectivity index (χ0) is 13.3. The minimum absolute atomic E-state index is 0.976. The summed E-state index contributed by atoms with van der Waals surface area (Å²) in [7, 11) is 0. The first-order chi connectivity index (χ1) is 9.42. The summed E-state index contributed by atoms with van der Waals surface area (Å²) in [4.78, 5) is 2.82. The Labute approximate surface area is 125 Å². The Bertz CT molecular complexity index is 231. The molecule has 0 aromatic rings. The zero-order valence-electron chi connectivity index (χ0n) is 12.7. The maximum atomic E-state index is 4.26. The van der Waals surface area contributed by atoms with Crippen LogP contribution in [0.25, 0.3) is 0 Å². The Balaban J connectivity index is 1.47. The second-order valence-corrected chi connectivity index (χ2v) is 7.08. The van der Waals surface area contributed by atoms with Gasteiger partial charge in [-0.05, 0) is 56.9 Å². The molecule has 1 heterocycles. The van der Waals surface area contributed by atoms with E-state index in [4.69, 9.17) is 0 Å². The summed E-state index contributed by atoms with van der Waals surface area (Å²) in [5, 5.41) is 0. The Kier molecular flexibility index (Phi) is 7.67. The molecule has 1 aliphatic heterocycles. The normalized spacial score (nSPS) is 27.6. The zero-order valence-corrected chi connectivity index (χ0v) is 13.6. The van der Waals surface area contributed by atoms with Crippen molar-refractivity contribution in [1.29, 1.82) is 0 Å². The summed E-state index contributed by atoms with van der Waals surface area (Å²) in [5.74, 6) is 2.13. The largest absolute Gasteiger partial charge is 0.300 e. The van der Waals surface area contributed by atoms with Crippen molar-refractivity contribution in [1.82, 2.24) is 4.90 Å². The van der Waals surface area contributed by atoms with Crippen LogP contribution in [0.5, 0.6) is 0 Å². The second kappa shape index (κ2) is 9.28. The number of hydrogen-bond donors (Lipinski definition) is 1. The van der Waals surface area contributed by atoms with Gasteiger partial charge in [-0.1, -0.05) is 44.9 Å². The molecule has 1 nitrogen and oxygen atoms in total. The summed E-state index contributed by atoms with van der Waals surface area (Å²) in [6.07, 6.45) is 17.4. The van der Waals surface area contributed by atoms with Gasteiger partial charge < -0.3 is 4.90 Å². The maximum absolute atomic E-state index is 4.26. The molecule has 0 spiro atoms. The van der Waals surface area contributed by atoms with E-state index < -0.39 is 0 Å². The van der Waals surface area contributed by atoms with Gasteiger partial charge in [-0.3, -0.25) is 0 Å². The molecule has 0 aromatic carbocycles. The van der Waals surface area contributed by atoms with Crippen LogP contribution in [-0.4, -0.2) is 29.8 Å². The summed E-state index contributed by atoms with van der Waals surface area (Å²) < 4.78 is 0. The minimum atomic E-state index is 0.976. The molecular formula is C17H33NS. The average Bonchev–Trinajstić information content (AvgIpc) is 2.85. The molecule has 1 aliphatic carbocycles. The number of unbranched alkanes of at least 4 members (excludes halogenated alkanes) is 6. The molecule has 2 unspecified atom stereocenters.